The Labute approximate surface area is 182 Å². The topological polar surface area (TPSA) is 103 Å². The molecule has 0 spiro atoms. The number of hydrogen-bond donors (Lipinski definition) is 1. The maximum absolute atomic E-state index is 12.8. The summed E-state index contributed by atoms with van der Waals surface area (Å²) in [6.45, 7) is 5.91. The molecular weight excluding hydrogens is 404 g/mol. The summed E-state index contributed by atoms with van der Waals surface area (Å²) in [6, 6.07) is 4.66. The van der Waals surface area contributed by atoms with E-state index in [0.29, 0.717) is 57.4 Å². The molecule has 0 bridgehead atoms. The molecule has 1 aromatic carbocycles. The van der Waals surface area contributed by atoms with Crippen LogP contribution >= 0.6 is 0 Å². The second kappa shape index (κ2) is 11.8. The highest BCUT2D eigenvalue weighted by Crippen LogP contribution is 2.33. The molecular formula is C22H30N2O7. The molecule has 2 aliphatic rings. The average Bonchev–Trinajstić information content (AvgIpc) is 3.09. The first-order valence-corrected chi connectivity index (χ1v) is 10.7. The lowest BCUT2D eigenvalue weighted by atomic mass is 10.0. The van der Waals surface area contributed by atoms with E-state index in [1.54, 1.807) is 18.2 Å². The zero-order valence-electron chi connectivity index (χ0n) is 17.9. The standard InChI is InChI=1S/C22H30N2O7/c1-2-8-28-9-10-29-11-12-30-13-14-31-19-5-3-4-16-17(19)15-24(22(16)27)18-6-7-20(25)23-21(18)26/h3-5,18H,2,6-15H2,1H3,(H,23,25,26). The monoisotopic (exact) mass is 434 g/mol. The van der Waals surface area contributed by atoms with Gasteiger partial charge in [0.05, 0.1) is 39.6 Å². The zero-order valence-corrected chi connectivity index (χ0v) is 17.9. The molecule has 31 heavy (non-hydrogen) atoms. The third kappa shape index (κ3) is 6.25. The van der Waals surface area contributed by atoms with Crippen molar-refractivity contribution in [2.75, 3.05) is 46.2 Å². The maximum atomic E-state index is 12.8. The number of piperidine rings is 1. The Hall–Kier alpha value is -2.49. The van der Waals surface area contributed by atoms with Crippen molar-refractivity contribution in [2.24, 2.45) is 0 Å². The number of carbonyl (C=O) groups is 3. The molecule has 3 rings (SSSR count). The third-order valence-corrected chi connectivity index (χ3v) is 5.12. The number of imide groups is 1. The van der Waals surface area contributed by atoms with Gasteiger partial charge in [-0.25, -0.2) is 0 Å². The van der Waals surface area contributed by atoms with Crippen molar-refractivity contribution in [1.82, 2.24) is 10.2 Å². The number of fused-ring (bicyclic) bond motifs is 1. The van der Waals surface area contributed by atoms with E-state index < -0.39 is 11.9 Å². The molecule has 2 heterocycles. The SMILES string of the molecule is CCCOCCOCCOCCOc1cccc2c1CN(C1CCC(=O)NC1=O)C2=O. The minimum atomic E-state index is -0.638. The molecule has 0 radical (unpaired) electrons. The summed E-state index contributed by atoms with van der Waals surface area (Å²) in [7, 11) is 0. The quantitative estimate of drug-likeness (QED) is 0.369. The van der Waals surface area contributed by atoms with Gasteiger partial charge in [-0.3, -0.25) is 19.7 Å². The lowest BCUT2D eigenvalue weighted by molar-refractivity contribution is -0.136. The number of carbonyl (C=O) groups excluding carboxylic acids is 3. The molecule has 1 fully saturated rings. The Kier molecular flexibility index (Phi) is 8.81. The maximum Gasteiger partial charge on any atom is 0.255 e. The summed E-state index contributed by atoms with van der Waals surface area (Å²) in [5.74, 6) is -0.336. The Morgan fingerprint density at radius 1 is 0.968 bits per heavy atom. The van der Waals surface area contributed by atoms with Gasteiger partial charge in [0, 0.05) is 24.2 Å². The molecule has 1 saturated heterocycles. The van der Waals surface area contributed by atoms with Crippen LogP contribution in [0.1, 0.15) is 42.1 Å². The van der Waals surface area contributed by atoms with E-state index in [4.69, 9.17) is 18.9 Å². The molecule has 0 saturated carbocycles. The lowest BCUT2D eigenvalue weighted by Crippen LogP contribution is -2.52. The molecule has 3 amide bonds. The van der Waals surface area contributed by atoms with Crippen LogP contribution in [0.15, 0.2) is 18.2 Å². The number of hydrogen-bond acceptors (Lipinski definition) is 7. The molecule has 0 aromatic heterocycles. The molecule has 9 heteroatoms. The number of nitrogens with zero attached hydrogens (tertiary/aromatic N) is 1. The van der Waals surface area contributed by atoms with E-state index in [0.717, 1.165) is 18.6 Å². The van der Waals surface area contributed by atoms with Gasteiger partial charge in [-0.05, 0) is 25.0 Å². The highest BCUT2D eigenvalue weighted by atomic mass is 16.6. The average molecular weight is 434 g/mol. The van der Waals surface area contributed by atoms with E-state index in [2.05, 4.69) is 12.2 Å². The predicted octanol–water partition coefficient (Wildman–Crippen LogP) is 1.29. The highest BCUT2D eigenvalue weighted by molar-refractivity contribution is 6.05. The molecule has 9 nitrogen and oxygen atoms in total. The van der Waals surface area contributed by atoms with E-state index in [-0.39, 0.29) is 24.8 Å². The zero-order chi connectivity index (χ0) is 22.1. The van der Waals surface area contributed by atoms with Gasteiger partial charge in [-0.15, -0.1) is 0 Å². The van der Waals surface area contributed by atoms with Crippen molar-refractivity contribution in [3.8, 4) is 5.75 Å². The number of amides is 3. The summed E-state index contributed by atoms with van der Waals surface area (Å²) >= 11 is 0. The normalized spacial score (nSPS) is 18.3. The number of benzene rings is 1. The van der Waals surface area contributed by atoms with Crippen LogP contribution in [0.5, 0.6) is 5.75 Å². The van der Waals surface area contributed by atoms with Gasteiger partial charge < -0.3 is 23.8 Å². The van der Waals surface area contributed by atoms with E-state index in [1.807, 2.05) is 0 Å². The molecule has 170 valence electrons. The molecule has 1 N–H and O–H groups in total. The number of ether oxygens (including phenoxy) is 4. The van der Waals surface area contributed by atoms with Gasteiger partial charge in [0.2, 0.25) is 11.8 Å². The van der Waals surface area contributed by atoms with Crippen LogP contribution in [0.25, 0.3) is 0 Å². The van der Waals surface area contributed by atoms with Crippen molar-refractivity contribution in [1.29, 1.82) is 0 Å². The highest BCUT2D eigenvalue weighted by Gasteiger charge is 2.40. The smallest absolute Gasteiger partial charge is 0.255 e. The first-order valence-electron chi connectivity index (χ1n) is 10.7. The van der Waals surface area contributed by atoms with E-state index >= 15 is 0 Å². The second-order valence-electron chi connectivity index (χ2n) is 7.37. The summed E-state index contributed by atoms with van der Waals surface area (Å²) < 4.78 is 22.1. The number of rotatable bonds is 13. The van der Waals surface area contributed by atoms with Gasteiger partial charge in [0.15, 0.2) is 0 Å². The van der Waals surface area contributed by atoms with Crippen molar-refractivity contribution in [3.63, 3.8) is 0 Å². The molecule has 1 atom stereocenters. The fraction of sp³-hybridized carbons (Fsp3) is 0.591. The van der Waals surface area contributed by atoms with Crippen LogP contribution in [-0.2, 0) is 30.3 Å². The predicted molar refractivity (Wildman–Crippen MR) is 111 cm³/mol. The van der Waals surface area contributed by atoms with Gasteiger partial charge in [-0.1, -0.05) is 13.0 Å². The summed E-state index contributed by atoms with van der Waals surface area (Å²) in [6.07, 6.45) is 1.56. The van der Waals surface area contributed by atoms with Gasteiger partial charge in [0.1, 0.15) is 18.4 Å². The van der Waals surface area contributed by atoms with E-state index in [1.165, 1.54) is 4.90 Å². The Balaban J connectivity index is 1.40. The molecule has 2 aliphatic heterocycles. The van der Waals surface area contributed by atoms with Gasteiger partial charge in [0.25, 0.3) is 5.91 Å². The number of nitrogens with one attached hydrogen (secondary N) is 1. The van der Waals surface area contributed by atoms with Crippen LogP contribution in [0, 0.1) is 0 Å². The first kappa shape index (κ1) is 23.2. The van der Waals surface area contributed by atoms with Crippen molar-refractivity contribution in [3.05, 3.63) is 29.3 Å². The molecule has 1 aromatic rings. The summed E-state index contributed by atoms with van der Waals surface area (Å²) in [5.41, 5.74) is 1.29. The Morgan fingerprint density at radius 2 is 1.65 bits per heavy atom. The fourth-order valence-electron chi connectivity index (χ4n) is 3.59. The molecule has 0 aliphatic carbocycles. The van der Waals surface area contributed by atoms with E-state index in [9.17, 15) is 14.4 Å². The fourth-order valence-corrected chi connectivity index (χ4v) is 3.59. The largest absolute Gasteiger partial charge is 0.491 e. The van der Waals surface area contributed by atoms with Crippen molar-refractivity contribution < 1.29 is 33.3 Å². The minimum absolute atomic E-state index is 0.216. The van der Waals surface area contributed by atoms with Gasteiger partial charge >= 0.3 is 0 Å². The van der Waals surface area contributed by atoms with Crippen LogP contribution in [-0.4, -0.2) is 74.9 Å². The van der Waals surface area contributed by atoms with Crippen LogP contribution < -0.4 is 10.1 Å². The Morgan fingerprint density at radius 3 is 2.32 bits per heavy atom. The second-order valence-corrected chi connectivity index (χ2v) is 7.37. The lowest BCUT2D eigenvalue weighted by Gasteiger charge is -2.29. The minimum Gasteiger partial charge on any atom is -0.491 e. The first-order chi connectivity index (χ1) is 15.1. The van der Waals surface area contributed by atoms with Crippen LogP contribution in [0.4, 0.5) is 0 Å². The van der Waals surface area contributed by atoms with Crippen molar-refractivity contribution in [2.45, 2.75) is 38.8 Å². The molecule has 1 unspecified atom stereocenters. The van der Waals surface area contributed by atoms with Crippen LogP contribution in [0.3, 0.4) is 0 Å². The van der Waals surface area contributed by atoms with Crippen molar-refractivity contribution >= 4 is 17.7 Å². The van der Waals surface area contributed by atoms with Gasteiger partial charge in [-0.2, -0.15) is 0 Å². The summed E-state index contributed by atoms with van der Waals surface area (Å²) in [4.78, 5) is 37.9. The van der Waals surface area contributed by atoms with Crippen LogP contribution in [0.2, 0.25) is 0 Å². The summed E-state index contributed by atoms with van der Waals surface area (Å²) in [5, 5.41) is 2.31. The Bertz CT molecular complexity index is 783. The third-order valence-electron chi connectivity index (χ3n) is 5.12.